The topological polar surface area (TPSA) is 207 Å². The molecule has 2 saturated heterocycles. The predicted molar refractivity (Wildman–Crippen MR) is 176 cm³/mol. The fourth-order valence-electron chi connectivity index (χ4n) is 5.63. The minimum Gasteiger partial charge on any atom is -0.490 e. The number of unbranched alkanes of at least 4 members (excludes halogenated alkanes) is 3. The Balaban J connectivity index is 0.937. The summed E-state index contributed by atoms with van der Waals surface area (Å²) in [5, 5.41) is 18.4. The summed E-state index contributed by atoms with van der Waals surface area (Å²) in [5.74, 6) is 5.20. The Bertz CT molecular complexity index is 1350. The van der Waals surface area contributed by atoms with Crippen LogP contribution in [0.4, 0.5) is 18.0 Å². The highest BCUT2D eigenvalue weighted by atomic mass is 32.2. The molecule has 3 aliphatic rings. The zero-order valence-corrected chi connectivity index (χ0v) is 28.5. The Morgan fingerprint density at radius 3 is 2.30 bits per heavy atom. The second kappa shape index (κ2) is 19.1. The molecule has 0 aliphatic carbocycles. The summed E-state index contributed by atoms with van der Waals surface area (Å²) < 4.78 is 56.5. The summed E-state index contributed by atoms with van der Waals surface area (Å²) in [5.41, 5.74) is -1.08. The number of carbonyl (C=O) groups is 4. The van der Waals surface area contributed by atoms with Crippen LogP contribution in [0.3, 0.4) is 0 Å². The zero-order chi connectivity index (χ0) is 36.0. The number of fused-ring (bicyclic) bond motifs is 1. The van der Waals surface area contributed by atoms with E-state index in [0.717, 1.165) is 56.1 Å². The molecule has 1 aromatic rings. The maximum absolute atomic E-state index is 13.4. The molecule has 0 saturated carbocycles. The fourth-order valence-corrected chi connectivity index (χ4v) is 7.17. The van der Waals surface area contributed by atoms with Gasteiger partial charge in [0, 0.05) is 42.5 Å². The lowest BCUT2D eigenvalue weighted by molar-refractivity contribution is -0.166. The van der Waals surface area contributed by atoms with E-state index in [1.165, 1.54) is 0 Å². The molecule has 2 fully saturated rings. The molecule has 3 aliphatic heterocycles. The molecule has 1 aromatic carbocycles. The number of thioether (sulfide) groups is 1. The number of ether oxygens (including phenoxy) is 3. The highest BCUT2D eigenvalue weighted by Crippen LogP contribution is 2.53. The monoisotopic (exact) mass is 730 g/mol. The van der Waals surface area contributed by atoms with Gasteiger partial charge in [0.2, 0.25) is 11.8 Å². The van der Waals surface area contributed by atoms with Crippen LogP contribution in [0.5, 0.6) is 5.75 Å². The number of hydrazine groups is 1. The standard InChI is InChI=1S/C31H45F3N8O7S/c32-31(33,34)30(41-42-30)20-9-10-21(28(45)40-35)23(18-20)49-17-16-48-15-14-47-13-12-37-26(44)7-2-1-5-11-36-25(43)8-4-3-6-24-27-22(19-50-24)38-29(46)39-27/h9-10,18,22,24,27H,1-8,11-17,19,35H2,(H,36,43)(H,37,44)(H,40,45)(H2,38,39,46)/t22-,24-,27-/m0/s1. The van der Waals surface area contributed by atoms with Crippen molar-refractivity contribution >= 4 is 35.5 Å². The smallest absolute Gasteiger partial charge is 0.442 e. The first-order chi connectivity index (χ1) is 24.0. The van der Waals surface area contributed by atoms with Gasteiger partial charge >= 0.3 is 17.9 Å². The normalized spacial score (nSPS) is 20.1. The van der Waals surface area contributed by atoms with Gasteiger partial charge in [0.25, 0.3) is 5.91 Å². The minimum atomic E-state index is -4.73. The Hall–Kier alpha value is -3.68. The van der Waals surface area contributed by atoms with Gasteiger partial charge in [-0.05, 0) is 37.8 Å². The summed E-state index contributed by atoms with van der Waals surface area (Å²) >= 11 is 1.88. The number of hydrogen-bond acceptors (Lipinski definition) is 11. The number of nitrogen functional groups attached to an aromatic ring is 1. The molecule has 0 bridgehead atoms. The molecular formula is C31H45F3N8O7S. The number of rotatable bonds is 23. The molecule has 3 heterocycles. The van der Waals surface area contributed by atoms with Gasteiger partial charge in [-0.1, -0.05) is 18.9 Å². The van der Waals surface area contributed by atoms with Crippen molar-refractivity contribution in [2.24, 2.45) is 16.1 Å². The number of nitrogens with zero attached hydrogens (tertiary/aromatic N) is 2. The van der Waals surface area contributed by atoms with Crippen molar-refractivity contribution in [1.29, 1.82) is 0 Å². The molecule has 7 N–H and O–H groups in total. The molecule has 5 amide bonds. The molecular weight excluding hydrogens is 685 g/mol. The largest absolute Gasteiger partial charge is 0.490 e. The number of hydrogen-bond donors (Lipinski definition) is 6. The van der Waals surface area contributed by atoms with Crippen LogP contribution in [-0.2, 0) is 24.7 Å². The van der Waals surface area contributed by atoms with Crippen LogP contribution in [-0.4, -0.2) is 99.1 Å². The van der Waals surface area contributed by atoms with Gasteiger partial charge in [-0.15, -0.1) is 10.2 Å². The van der Waals surface area contributed by atoms with Crippen LogP contribution in [0.2, 0.25) is 0 Å². The lowest BCUT2D eigenvalue weighted by atomic mass is 10.00. The number of nitrogens with two attached hydrogens (primary N) is 1. The average molecular weight is 731 g/mol. The lowest BCUT2D eigenvalue weighted by Gasteiger charge is -2.17. The maximum atomic E-state index is 13.4. The van der Waals surface area contributed by atoms with Crippen molar-refractivity contribution < 1.29 is 46.6 Å². The van der Waals surface area contributed by atoms with Crippen molar-refractivity contribution in [1.82, 2.24) is 26.7 Å². The molecule has 0 radical (unpaired) electrons. The number of halogens is 3. The SMILES string of the molecule is NNC(=O)c1ccc(C2(C(F)(F)F)N=N2)cc1OCCOCCOCCNC(=O)CCCCCNC(=O)CCCC[C@@H]1SC[C@@H]2NC(=O)N[C@@H]21. The molecule has 3 atom stereocenters. The fraction of sp³-hybridized carbons (Fsp3) is 0.677. The summed E-state index contributed by atoms with van der Waals surface area (Å²) in [6.45, 7) is 1.66. The van der Waals surface area contributed by atoms with E-state index in [2.05, 4.69) is 31.5 Å². The van der Waals surface area contributed by atoms with Gasteiger partial charge in [-0.25, -0.2) is 10.6 Å². The molecule has 0 aromatic heterocycles. The van der Waals surface area contributed by atoms with Crippen molar-refractivity contribution in [3.05, 3.63) is 29.3 Å². The van der Waals surface area contributed by atoms with Crippen LogP contribution in [0.1, 0.15) is 67.3 Å². The lowest BCUT2D eigenvalue weighted by Crippen LogP contribution is -2.36. The van der Waals surface area contributed by atoms with Crippen LogP contribution >= 0.6 is 11.8 Å². The number of amides is 5. The summed E-state index contributed by atoms with van der Waals surface area (Å²) in [6, 6.07) is 3.64. The first-order valence-corrected chi connectivity index (χ1v) is 17.8. The Kier molecular flexibility index (Phi) is 14.9. The van der Waals surface area contributed by atoms with Crippen LogP contribution < -0.4 is 37.3 Å². The highest BCUT2D eigenvalue weighted by Gasteiger charge is 2.65. The van der Waals surface area contributed by atoms with Gasteiger partial charge in [0.1, 0.15) is 12.4 Å². The van der Waals surface area contributed by atoms with E-state index >= 15 is 0 Å². The Labute approximate surface area is 292 Å². The predicted octanol–water partition coefficient (Wildman–Crippen LogP) is 2.40. The Morgan fingerprint density at radius 2 is 1.60 bits per heavy atom. The van der Waals surface area contributed by atoms with E-state index < -0.39 is 17.7 Å². The van der Waals surface area contributed by atoms with Gasteiger partial charge in [-0.2, -0.15) is 24.9 Å². The van der Waals surface area contributed by atoms with E-state index in [1.54, 1.807) is 0 Å². The van der Waals surface area contributed by atoms with Gasteiger partial charge in [-0.3, -0.25) is 19.8 Å². The second-order valence-electron chi connectivity index (χ2n) is 12.0. The van der Waals surface area contributed by atoms with Crippen LogP contribution in [0.25, 0.3) is 0 Å². The molecule has 0 spiro atoms. The van der Waals surface area contributed by atoms with Crippen molar-refractivity contribution in [3.8, 4) is 5.75 Å². The number of alkyl halides is 3. The third-order valence-corrected chi connectivity index (χ3v) is 9.87. The van der Waals surface area contributed by atoms with E-state index in [1.807, 2.05) is 17.2 Å². The number of carbonyl (C=O) groups excluding carboxylic acids is 4. The van der Waals surface area contributed by atoms with Gasteiger partial charge in [0.05, 0.1) is 44.1 Å². The summed E-state index contributed by atoms with van der Waals surface area (Å²) in [4.78, 5) is 47.6. The molecule has 15 nitrogen and oxygen atoms in total. The molecule has 0 unspecified atom stereocenters. The van der Waals surface area contributed by atoms with E-state index in [-0.39, 0.29) is 79.8 Å². The van der Waals surface area contributed by atoms with Crippen molar-refractivity contribution in [2.45, 2.75) is 80.5 Å². The number of benzene rings is 1. The van der Waals surface area contributed by atoms with E-state index in [4.69, 9.17) is 20.1 Å². The minimum absolute atomic E-state index is 0.0374. The quantitative estimate of drug-likeness (QED) is 0.0321. The van der Waals surface area contributed by atoms with Crippen molar-refractivity contribution in [3.63, 3.8) is 0 Å². The Morgan fingerprint density at radius 1 is 0.920 bits per heavy atom. The van der Waals surface area contributed by atoms with Gasteiger partial charge < -0.3 is 35.5 Å². The highest BCUT2D eigenvalue weighted by molar-refractivity contribution is 8.00. The molecule has 19 heteroatoms. The molecule has 50 heavy (non-hydrogen) atoms. The summed E-state index contributed by atoms with van der Waals surface area (Å²) in [7, 11) is 0. The number of nitrogens with one attached hydrogen (secondary N) is 5. The summed E-state index contributed by atoms with van der Waals surface area (Å²) in [6.07, 6.45) is 1.21. The average Bonchev–Trinajstić information content (AvgIpc) is 3.73. The third-order valence-electron chi connectivity index (χ3n) is 8.36. The molecule has 278 valence electrons. The van der Waals surface area contributed by atoms with Crippen LogP contribution in [0, 0.1) is 0 Å². The van der Waals surface area contributed by atoms with Gasteiger partial charge in [0.15, 0.2) is 0 Å². The van der Waals surface area contributed by atoms with E-state index in [9.17, 15) is 32.3 Å². The first kappa shape index (κ1) is 39.1. The zero-order valence-electron chi connectivity index (χ0n) is 27.6. The first-order valence-electron chi connectivity index (χ1n) is 16.7. The number of urea groups is 1. The molecule has 4 rings (SSSR count). The third kappa shape index (κ3) is 11.4. The van der Waals surface area contributed by atoms with E-state index in [0.29, 0.717) is 37.6 Å². The second-order valence-corrected chi connectivity index (χ2v) is 13.3. The maximum Gasteiger partial charge on any atom is 0.442 e. The van der Waals surface area contributed by atoms with Crippen molar-refractivity contribution in [2.75, 3.05) is 51.9 Å². The van der Waals surface area contributed by atoms with Crippen LogP contribution in [0.15, 0.2) is 28.4 Å².